The normalized spacial score (nSPS) is 20.1. The highest BCUT2D eigenvalue weighted by molar-refractivity contribution is 7.80. The Hall–Kier alpha value is -3.39. The Morgan fingerprint density at radius 2 is 1.94 bits per heavy atom. The maximum absolute atomic E-state index is 12.9. The number of methoxy groups -OCH3 is 1. The van der Waals surface area contributed by atoms with Crippen molar-refractivity contribution in [2.24, 2.45) is 0 Å². The summed E-state index contributed by atoms with van der Waals surface area (Å²) < 4.78 is 7.79. The van der Waals surface area contributed by atoms with Crippen LogP contribution in [-0.2, 0) is 4.79 Å². The van der Waals surface area contributed by atoms with E-state index in [0.717, 1.165) is 5.69 Å². The first kappa shape index (κ1) is 23.4. The van der Waals surface area contributed by atoms with Gasteiger partial charge in [0, 0.05) is 37.1 Å². The van der Waals surface area contributed by atoms with Crippen molar-refractivity contribution < 1.29 is 9.53 Å². The van der Waals surface area contributed by atoms with Gasteiger partial charge in [0.2, 0.25) is 5.91 Å². The number of thiocarbonyl (C=S) groups is 1. The predicted octanol–water partition coefficient (Wildman–Crippen LogP) is 5.01. The second kappa shape index (κ2) is 10.5. The fraction of sp³-hybridized carbons (Fsp3) is 0.370. The van der Waals surface area contributed by atoms with Crippen LogP contribution in [-0.4, -0.2) is 39.1 Å². The zero-order valence-corrected chi connectivity index (χ0v) is 20.7. The van der Waals surface area contributed by atoms with Gasteiger partial charge in [0.1, 0.15) is 5.75 Å². The van der Waals surface area contributed by atoms with Crippen molar-refractivity contribution >= 4 is 28.9 Å². The summed E-state index contributed by atoms with van der Waals surface area (Å²) in [6.45, 7) is 0.497. The smallest absolute Gasteiger partial charge is 0.226 e. The molecule has 2 fully saturated rings. The Morgan fingerprint density at radius 3 is 2.71 bits per heavy atom. The average molecular weight is 490 g/mol. The summed E-state index contributed by atoms with van der Waals surface area (Å²) in [6, 6.07) is 18.1. The quantitative estimate of drug-likeness (QED) is 0.434. The molecule has 1 saturated heterocycles. The van der Waals surface area contributed by atoms with Crippen molar-refractivity contribution in [2.75, 3.05) is 19.0 Å². The maximum atomic E-state index is 12.9. The third-order valence-electron chi connectivity index (χ3n) is 6.99. The number of nitrogens with zero attached hydrogens (tertiary/aromatic N) is 3. The molecule has 1 saturated carbocycles. The highest BCUT2D eigenvalue weighted by atomic mass is 32.1. The van der Waals surface area contributed by atoms with E-state index in [0.29, 0.717) is 35.6 Å². The van der Waals surface area contributed by atoms with Crippen molar-refractivity contribution in [2.45, 2.75) is 50.2 Å². The first-order chi connectivity index (χ1) is 17.2. The number of pyridine rings is 1. The molecule has 182 valence electrons. The lowest BCUT2D eigenvalue weighted by atomic mass is 10.0. The Labute approximate surface area is 211 Å². The van der Waals surface area contributed by atoms with Gasteiger partial charge in [-0.1, -0.05) is 31.0 Å². The Kier molecular flexibility index (Phi) is 6.99. The summed E-state index contributed by atoms with van der Waals surface area (Å²) in [5.41, 5.74) is 2.82. The third-order valence-corrected chi connectivity index (χ3v) is 7.34. The minimum Gasteiger partial charge on any atom is -0.495 e. The molecule has 0 unspecified atom stereocenters. The molecule has 0 bridgehead atoms. The van der Waals surface area contributed by atoms with Crippen LogP contribution in [0.1, 0.15) is 61.6 Å². The van der Waals surface area contributed by atoms with E-state index in [1.807, 2.05) is 48.7 Å². The zero-order valence-electron chi connectivity index (χ0n) is 19.9. The van der Waals surface area contributed by atoms with Crippen molar-refractivity contribution in [3.8, 4) is 5.75 Å². The molecule has 0 spiro atoms. The lowest BCUT2D eigenvalue weighted by Gasteiger charge is -2.30. The molecule has 1 aromatic carbocycles. The maximum Gasteiger partial charge on any atom is 0.226 e. The van der Waals surface area contributed by atoms with E-state index in [1.54, 1.807) is 7.11 Å². The van der Waals surface area contributed by atoms with E-state index in [9.17, 15) is 4.79 Å². The summed E-state index contributed by atoms with van der Waals surface area (Å²) in [7, 11) is 1.60. The predicted molar refractivity (Wildman–Crippen MR) is 140 cm³/mol. The number of aromatic nitrogens is 2. The van der Waals surface area contributed by atoms with E-state index in [1.165, 1.54) is 31.4 Å². The van der Waals surface area contributed by atoms with Crippen LogP contribution in [0.3, 0.4) is 0 Å². The molecule has 1 amide bonds. The van der Waals surface area contributed by atoms with E-state index in [2.05, 4.69) is 43.4 Å². The van der Waals surface area contributed by atoms with Crippen molar-refractivity contribution in [1.82, 2.24) is 19.8 Å². The van der Waals surface area contributed by atoms with Gasteiger partial charge in [-0.2, -0.15) is 0 Å². The number of hydrogen-bond donors (Lipinski definition) is 2. The molecule has 2 N–H and O–H groups in total. The van der Waals surface area contributed by atoms with E-state index >= 15 is 0 Å². The summed E-state index contributed by atoms with van der Waals surface area (Å²) in [5, 5.41) is 7.12. The van der Waals surface area contributed by atoms with Crippen molar-refractivity contribution in [1.29, 1.82) is 0 Å². The summed E-state index contributed by atoms with van der Waals surface area (Å²) in [5.74, 6) is 0.560. The first-order valence-corrected chi connectivity index (χ1v) is 12.6. The fourth-order valence-corrected chi connectivity index (χ4v) is 5.66. The molecule has 35 heavy (non-hydrogen) atoms. The fourth-order valence-electron chi connectivity index (χ4n) is 5.32. The van der Waals surface area contributed by atoms with Crippen LogP contribution >= 0.6 is 12.2 Å². The molecule has 1 aliphatic heterocycles. The number of hydrogen-bond acceptors (Lipinski definition) is 4. The van der Waals surface area contributed by atoms with Crippen LogP contribution in [0.15, 0.2) is 67.0 Å². The molecule has 3 aromatic rings. The molecule has 5 rings (SSSR count). The van der Waals surface area contributed by atoms with Crippen molar-refractivity contribution in [3.05, 3.63) is 78.4 Å². The van der Waals surface area contributed by atoms with Crippen LogP contribution in [0.2, 0.25) is 0 Å². The lowest BCUT2D eigenvalue weighted by molar-refractivity contribution is -0.116. The second-order valence-corrected chi connectivity index (χ2v) is 9.48. The highest BCUT2D eigenvalue weighted by Crippen LogP contribution is 2.41. The minimum absolute atomic E-state index is 0.0490. The highest BCUT2D eigenvalue weighted by Gasteiger charge is 2.41. The number of carbonyl (C=O) groups is 1. The van der Waals surface area contributed by atoms with E-state index < -0.39 is 0 Å². The molecule has 2 aromatic heterocycles. The molecular weight excluding hydrogens is 458 g/mol. The van der Waals surface area contributed by atoms with Crippen LogP contribution in [0.5, 0.6) is 5.75 Å². The van der Waals surface area contributed by atoms with Gasteiger partial charge in [-0.15, -0.1) is 0 Å². The molecule has 2 atom stereocenters. The molecule has 7 nitrogen and oxygen atoms in total. The molecular formula is C27H31N5O2S. The van der Waals surface area contributed by atoms with E-state index in [-0.39, 0.29) is 18.0 Å². The monoisotopic (exact) mass is 489 g/mol. The van der Waals surface area contributed by atoms with Gasteiger partial charge in [0.05, 0.1) is 30.6 Å². The Bertz CT molecular complexity index is 1180. The van der Waals surface area contributed by atoms with Crippen LogP contribution < -0.4 is 15.4 Å². The van der Waals surface area contributed by atoms with Crippen LogP contribution in [0.25, 0.3) is 0 Å². The molecule has 1 aliphatic carbocycles. The lowest BCUT2D eigenvalue weighted by Crippen LogP contribution is -2.33. The van der Waals surface area contributed by atoms with Gasteiger partial charge in [-0.05, 0) is 61.5 Å². The van der Waals surface area contributed by atoms with Gasteiger partial charge in [0.25, 0.3) is 0 Å². The summed E-state index contributed by atoms with van der Waals surface area (Å²) in [6.07, 6.45) is 9.23. The van der Waals surface area contributed by atoms with Gasteiger partial charge < -0.3 is 24.8 Å². The number of ether oxygens (including phenoxy) is 1. The number of carbonyl (C=O) groups excluding carboxylic acids is 1. The van der Waals surface area contributed by atoms with Crippen molar-refractivity contribution in [3.63, 3.8) is 0 Å². The van der Waals surface area contributed by atoms with Gasteiger partial charge in [-0.25, -0.2) is 0 Å². The number of rotatable bonds is 8. The van der Waals surface area contributed by atoms with E-state index in [4.69, 9.17) is 17.0 Å². The standard InChI is InChI=1S/C27H31N5O2S/c1-34-23-14-5-4-11-20(23)29-24(33)15-18-32-26(22-13-8-17-31(22)19-9-2-3-10-19)25(30-27(32)35)21-12-6-7-16-28-21/h4-8,11-14,16-17,19,25-26H,2-3,9-10,15,18H2,1H3,(H,29,33)(H,30,35)/t25-,26+/m0/s1. The van der Waals surface area contributed by atoms with Crippen LogP contribution in [0, 0.1) is 0 Å². The number of anilines is 1. The second-order valence-electron chi connectivity index (χ2n) is 9.10. The summed E-state index contributed by atoms with van der Waals surface area (Å²) >= 11 is 5.79. The molecule has 2 aliphatic rings. The molecule has 3 heterocycles. The topological polar surface area (TPSA) is 71.4 Å². The van der Waals surface area contributed by atoms with Crippen LogP contribution in [0.4, 0.5) is 5.69 Å². The molecule has 0 radical (unpaired) electrons. The van der Waals surface area contributed by atoms with Gasteiger partial charge >= 0.3 is 0 Å². The Morgan fingerprint density at radius 1 is 1.14 bits per heavy atom. The number of benzene rings is 1. The number of nitrogens with one attached hydrogen (secondary N) is 2. The largest absolute Gasteiger partial charge is 0.495 e. The van der Waals surface area contributed by atoms with Gasteiger partial charge in [-0.3, -0.25) is 9.78 Å². The number of para-hydroxylation sites is 2. The average Bonchev–Trinajstić information content (AvgIpc) is 3.63. The first-order valence-electron chi connectivity index (χ1n) is 12.2. The summed E-state index contributed by atoms with van der Waals surface area (Å²) in [4.78, 5) is 19.7. The zero-order chi connectivity index (χ0) is 24.2. The Balaban J connectivity index is 1.39. The molecule has 8 heteroatoms. The SMILES string of the molecule is COc1ccccc1NC(=O)CCN1C(=S)N[C@@H](c2ccccn2)[C@H]1c1cccn1C1CCCC1. The third kappa shape index (κ3) is 4.89. The number of amides is 1. The van der Waals surface area contributed by atoms with Gasteiger partial charge in [0.15, 0.2) is 5.11 Å². The minimum atomic E-state index is -0.0870.